The number of nitrogens with one attached hydrogen (secondary N) is 1. The Morgan fingerprint density at radius 2 is 1.85 bits per heavy atom. The lowest BCUT2D eigenvalue weighted by molar-refractivity contribution is 0.521. The summed E-state index contributed by atoms with van der Waals surface area (Å²) in [5, 5.41) is 7.63. The Hall–Kier alpha value is -3.30. The molecule has 0 atom stereocenters. The third-order valence-electron chi connectivity index (χ3n) is 4.54. The maximum absolute atomic E-state index is 4.66. The van der Waals surface area contributed by atoms with E-state index in [4.69, 9.17) is 0 Å². The van der Waals surface area contributed by atoms with E-state index in [2.05, 4.69) is 40.2 Å². The molecule has 27 heavy (non-hydrogen) atoms. The maximum atomic E-state index is 4.66. The van der Waals surface area contributed by atoms with Gasteiger partial charge in [-0.2, -0.15) is 5.10 Å². The van der Waals surface area contributed by atoms with Crippen molar-refractivity contribution >= 4 is 17.5 Å². The van der Waals surface area contributed by atoms with Crippen molar-refractivity contribution in [3.63, 3.8) is 0 Å². The summed E-state index contributed by atoms with van der Waals surface area (Å²) in [5.74, 6) is 3.28. The van der Waals surface area contributed by atoms with Gasteiger partial charge in [0.2, 0.25) is 0 Å². The van der Waals surface area contributed by atoms with Crippen LogP contribution in [0.2, 0.25) is 0 Å². The van der Waals surface area contributed by atoms with Crippen molar-refractivity contribution in [2.45, 2.75) is 18.9 Å². The molecular weight excluding hydrogens is 344 g/mol. The summed E-state index contributed by atoms with van der Waals surface area (Å²) in [4.78, 5) is 25.7. The Labute approximate surface area is 157 Å². The molecule has 0 bridgehead atoms. The lowest BCUT2D eigenvalue weighted by Gasteiger charge is -2.33. The van der Waals surface area contributed by atoms with Gasteiger partial charge in [0, 0.05) is 39.3 Å². The third kappa shape index (κ3) is 3.94. The first-order chi connectivity index (χ1) is 13.2. The van der Waals surface area contributed by atoms with Gasteiger partial charge in [0.05, 0.1) is 12.4 Å². The molecule has 1 saturated heterocycles. The van der Waals surface area contributed by atoms with Gasteiger partial charge in [-0.15, -0.1) is 0 Å². The van der Waals surface area contributed by atoms with E-state index < -0.39 is 0 Å². The first-order valence-corrected chi connectivity index (χ1v) is 8.87. The van der Waals surface area contributed by atoms with Crippen molar-refractivity contribution in [2.75, 3.05) is 42.3 Å². The fraction of sp³-hybridized carbons (Fsp3) is 0.412. The molecule has 1 aliphatic heterocycles. The lowest BCUT2D eigenvalue weighted by atomic mass is 10.1. The topological polar surface area (TPSA) is 101 Å². The Morgan fingerprint density at radius 1 is 1.04 bits per heavy atom. The van der Waals surface area contributed by atoms with E-state index in [1.54, 1.807) is 29.7 Å². The summed E-state index contributed by atoms with van der Waals surface area (Å²) in [7, 11) is 3.94. The Balaban J connectivity index is 1.38. The zero-order valence-corrected chi connectivity index (χ0v) is 15.4. The van der Waals surface area contributed by atoms with Gasteiger partial charge in [0.1, 0.15) is 36.4 Å². The molecule has 3 aromatic heterocycles. The molecule has 3 aromatic rings. The zero-order valence-electron chi connectivity index (χ0n) is 15.4. The van der Waals surface area contributed by atoms with Crippen molar-refractivity contribution < 1.29 is 0 Å². The molecule has 1 fully saturated rings. The molecule has 0 unspecified atom stereocenters. The van der Waals surface area contributed by atoms with E-state index >= 15 is 0 Å². The number of hydrogen-bond acceptors (Lipinski definition) is 9. The van der Waals surface area contributed by atoms with Crippen molar-refractivity contribution in [1.82, 2.24) is 34.7 Å². The maximum Gasteiger partial charge on any atom is 0.175 e. The predicted octanol–water partition coefficient (Wildman–Crippen LogP) is 0.994. The van der Waals surface area contributed by atoms with Crippen molar-refractivity contribution in [1.29, 1.82) is 0 Å². The Kier molecular flexibility index (Phi) is 4.77. The highest BCUT2D eigenvalue weighted by Crippen LogP contribution is 2.21. The van der Waals surface area contributed by atoms with Gasteiger partial charge in [0.25, 0.3) is 0 Å². The van der Waals surface area contributed by atoms with Crippen LogP contribution in [-0.2, 0) is 0 Å². The summed E-state index contributed by atoms with van der Waals surface area (Å²) < 4.78 is 1.61. The highest BCUT2D eigenvalue weighted by molar-refractivity contribution is 5.48. The largest absolute Gasteiger partial charge is 0.367 e. The van der Waals surface area contributed by atoms with Crippen molar-refractivity contribution in [3.05, 3.63) is 37.4 Å². The van der Waals surface area contributed by atoms with Crippen LogP contribution in [-0.4, -0.2) is 67.9 Å². The van der Waals surface area contributed by atoms with Crippen LogP contribution < -0.4 is 15.1 Å². The van der Waals surface area contributed by atoms with Crippen LogP contribution in [0.15, 0.2) is 37.4 Å². The van der Waals surface area contributed by atoms with Gasteiger partial charge in [0.15, 0.2) is 5.82 Å². The lowest BCUT2D eigenvalue weighted by Crippen LogP contribution is -2.39. The molecule has 4 rings (SSSR count). The summed E-state index contributed by atoms with van der Waals surface area (Å²) in [5.41, 5.74) is 0. The van der Waals surface area contributed by atoms with Gasteiger partial charge >= 0.3 is 0 Å². The molecule has 10 nitrogen and oxygen atoms in total. The first-order valence-electron chi connectivity index (χ1n) is 8.87. The molecule has 0 radical (unpaired) electrons. The summed E-state index contributed by atoms with van der Waals surface area (Å²) in [6.07, 6.45) is 10.2. The van der Waals surface area contributed by atoms with Gasteiger partial charge in [-0.05, 0) is 12.8 Å². The molecule has 140 valence electrons. The van der Waals surface area contributed by atoms with E-state index in [0.717, 1.165) is 43.4 Å². The Bertz CT molecular complexity index is 871. The average molecular weight is 366 g/mol. The first kappa shape index (κ1) is 17.1. The molecule has 0 saturated carbocycles. The Morgan fingerprint density at radius 3 is 2.59 bits per heavy atom. The molecule has 10 heteroatoms. The van der Waals surface area contributed by atoms with Gasteiger partial charge in [-0.25, -0.2) is 24.6 Å². The SMILES string of the molecule is CN(C)c1cc(NC2CCN(c3cncc(-n4cncn4)n3)CC2)ncn1. The van der Waals surface area contributed by atoms with Gasteiger partial charge in [-0.3, -0.25) is 4.98 Å². The van der Waals surface area contributed by atoms with E-state index in [1.807, 2.05) is 25.1 Å². The molecule has 0 spiro atoms. The fourth-order valence-electron chi connectivity index (χ4n) is 3.07. The van der Waals surface area contributed by atoms with Crippen LogP contribution in [0.1, 0.15) is 12.8 Å². The molecule has 1 N–H and O–H groups in total. The molecule has 0 amide bonds. The van der Waals surface area contributed by atoms with Crippen LogP contribution in [0.5, 0.6) is 0 Å². The minimum absolute atomic E-state index is 0.373. The van der Waals surface area contributed by atoms with Crippen molar-refractivity contribution in [2.24, 2.45) is 0 Å². The second-order valence-corrected chi connectivity index (χ2v) is 6.64. The smallest absolute Gasteiger partial charge is 0.175 e. The van der Waals surface area contributed by atoms with Crippen molar-refractivity contribution in [3.8, 4) is 5.82 Å². The van der Waals surface area contributed by atoms with Crippen LogP contribution in [0.3, 0.4) is 0 Å². The fourth-order valence-corrected chi connectivity index (χ4v) is 3.07. The number of piperidine rings is 1. The van der Waals surface area contributed by atoms with Crippen LogP contribution in [0, 0.1) is 0 Å². The number of anilines is 3. The summed E-state index contributed by atoms with van der Waals surface area (Å²) in [6.45, 7) is 1.80. The quantitative estimate of drug-likeness (QED) is 0.708. The minimum atomic E-state index is 0.373. The standard InChI is InChI=1S/C17H22N10/c1-25(2)15-7-14(20-11-21-15)23-13-3-5-26(6-4-13)16-8-18-9-17(24-16)27-12-19-10-22-27/h7-13H,3-6H2,1-2H3,(H,20,21,23). The molecule has 0 aliphatic carbocycles. The second-order valence-electron chi connectivity index (χ2n) is 6.64. The van der Waals surface area contributed by atoms with E-state index in [1.165, 1.54) is 6.33 Å². The highest BCUT2D eigenvalue weighted by Gasteiger charge is 2.21. The second kappa shape index (κ2) is 7.52. The number of nitrogens with zero attached hydrogens (tertiary/aromatic N) is 9. The van der Waals surface area contributed by atoms with E-state index in [9.17, 15) is 0 Å². The molecule has 4 heterocycles. The van der Waals surface area contributed by atoms with Crippen LogP contribution in [0.4, 0.5) is 17.5 Å². The monoisotopic (exact) mass is 366 g/mol. The number of hydrogen-bond donors (Lipinski definition) is 1. The summed E-state index contributed by atoms with van der Waals surface area (Å²) >= 11 is 0. The molecule has 1 aliphatic rings. The minimum Gasteiger partial charge on any atom is -0.367 e. The van der Waals surface area contributed by atoms with Crippen LogP contribution in [0.25, 0.3) is 5.82 Å². The predicted molar refractivity (Wildman–Crippen MR) is 102 cm³/mol. The zero-order chi connectivity index (χ0) is 18.6. The number of rotatable bonds is 5. The molecule has 0 aromatic carbocycles. The van der Waals surface area contributed by atoms with E-state index in [-0.39, 0.29) is 0 Å². The van der Waals surface area contributed by atoms with E-state index in [0.29, 0.717) is 11.9 Å². The third-order valence-corrected chi connectivity index (χ3v) is 4.54. The summed E-state index contributed by atoms with van der Waals surface area (Å²) in [6, 6.07) is 2.34. The highest BCUT2D eigenvalue weighted by atomic mass is 15.4. The average Bonchev–Trinajstić information content (AvgIpc) is 3.24. The number of aromatic nitrogens is 7. The molecular formula is C17H22N10. The van der Waals surface area contributed by atoms with Gasteiger partial charge in [-0.1, -0.05) is 0 Å². The normalized spacial score (nSPS) is 15.0. The van der Waals surface area contributed by atoms with Crippen LogP contribution >= 0.6 is 0 Å². The van der Waals surface area contributed by atoms with Gasteiger partial charge < -0.3 is 15.1 Å².